The molecule has 7 nitrogen and oxygen atoms in total. The van der Waals surface area contributed by atoms with Gasteiger partial charge in [-0.1, -0.05) is 6.07 Å². The van der Waals surface area contributed by atoms with Gasteiger partial charge in [-0.15, -0.1) is 0 Å². The van der Waals surface area contributed by atoms with E-state index in [1.807, 2.05) is 26.0 Å². The number of amides is 1. The molecular weight excluding hydrogens is 356 g/mol. The molecule has 3 rings (SSSR count). The minimum atomic E-state index is -0.434. The number of esters is 1. The maximum atomic E-state index is 12.5. The average molecular weight is 376 g/mol. The predicted octanol–water partition coefficient (Wildman–Crippen LogP) is 3.88. The zero-order valence-electron chi connectivity index (χ0n) is 15.8. The van der Waals surface area contributed by atoms with E-state index in [-0.39, 0.29) is 11.6 Å². The molecule has 0 unspecified atom stereocenters. The summed E-state index contributed by atoms with van der Waals surface area (Å²) in [6.07, 6.45) is 1.52. The van der Waals surface area contributed by atoms with E-state index in [2.05, 4.69) is 31.4 Å². The second-order valence-corrected chi connectivity index (χ2v) is 6.29. The Hall–Kier alpha value is -3.74. The number of rotatable bonds is 5. The predicted molar refractivity (Wildman–Crippen MR) is 107 cm³/mol. The van der Waals surface area contributed by atoms with Crippen molar-refractivity contribution in [2.45, 2.75) is 13.8 Å². The first-order valence-electron chi connectivity index (χ1n) is 8.63. The van der Waals surface area contributed by atoms with Crippen molar-refractivity contribution >= 4 is 29.2 Å². The van der Waals surface area contributed by atoms with Crippen LogP contribution in [0.2, 0.25) is 0 Å². The first-order chi connectivity index (χ1) is 13.4. The minimum absolute atomic E-state index is 0.221. The highest BCUT2D eigenvalue weighted by Crippen LogP contribution is 2.18. The summed E-state index contributed by atoms with van der Waals surface area (Å²) in [5.74, 6) is -0.480. The number of methoxy groups -OCH3 is 1. The third kappa shape index (κ3) is 4.70. The van der Waals surface area contributed by atoms with Crippen LogP contribution in [-0.4, -0.2) is 29.0 Å². The van der Waals surface area contributed by atoms with E-state index in [1.165, 1.54) is 19.4 Å². The third-order valence-corrected chi connectivity index (χ3v) is 3.93. The summed E-state index contributed by atoms with van der Waals surface area (Å²) in [5, 5.41) is 5.86. The number of nitrogens with one attached hydrogen (secondary N) is 2. The van der Waals surface area contributed by atoms with Crippen LogP contribution in [0.4, 0.5) is 17.3 Å². The Morgan fingerprint density at radius 2 is 1.61 bits per heavy atom. The minimum Gasteiger partial charge on any atom is -0.465 e. The van der Waals surface area contributed by atoms with E-state index in [0.29, 0.717) is 17.2 Å². The van der Waals surface area contributed by atoms with Crippen LogP contribution in [0.5, 0.6) is 0 Å². The molecule has 0 aliphatic heterocycles. The molecule has 142 valence electrons. The molecule has 1 amide bonds. The number of hydrogen-bond acceptors (Lipinski definition) is 6. The first-order valence-corrected chi connectivity index (χ1v) is 8.63. The Balaban J connectivity index is 1.72. The second-order valence-electron chi connectivity index (χ2n) is 6.29. The van der Waals surface area contributed by atoms with Gasteiger partial charge in [0.05, 0.1) is 12.7 Å². The van der Waals surface area contributed by atoms with Gasteiger partial charge in [-0.25, -0.2) is 14.8 Å². The molecule has 28 heavy (non-hydrogen) atoms. The summed E-state index contributed by atoms with van der Waals surface area (Å²) in [5.41, 5.74) is 4.26. The van der Waals surface area contributed by atoms with Crippen LogP contribution in [0.25, 0.3) is 0 Å². The van der Waals surface area contributed by atoms with Gasteiger partial charge in [0.1, 0.15) is 5.69 Å². The normalized spacial score (nSPS) is 10.2. The van der Waals surface area contributed by atoms with E-state index in [9.17, 15) is 9.59 Å². The van der Waals surface area contributed by atoms with Crippen molar-refractivity contribution in [2.75, 3.05) is 17.7 Å². The smallest absolute Gasteiger partial charge is 0.337 e. The van der Waals surface area contributed by atoms with Gasteiger partial charge in [0.2, 0.25) is 5.95 Å². The molecule has 1 aromatic heterocycles. The lowest BCUT2D eigenvalue weighted by Gasteiger charge is -2.09. The van der Waals surface area contributed by atoms with Gasteiger partial charge in [0.25, 0.3) is 5.91 Å². The van der Waals surface area contributed by atoms with E-state index in [0.717, 1.165) is 16.8 Å². The van der Waals surface area contributed by atoms with Gasteiger partial charge >= 0.3 is 5.97 Å². The summed E-state index contributed by atoms with van der Waals surface area (Å²) >= 11 is 0. The number of anilines is 3. The van der Waals surface area contributed by atoms with Crippen molar-refractivity contribution in [1.29, 1.82) is 0 Å². The highest BCUT2D eigenvalue weighted by molar-refractivity contribution is 6.03. The number of nitrogens with zero attached hydrogens (tertiary/aromatic N) is 2. The summed E-state index contributed by atoms with van der Waals surface area (Å²) in [6, 6.07) is 14.0. The van der Waals surface area contributed by atoms with Crippen LogP contribution < -0.4 is 10.6 Å². The van der Waals surface area contributed by atoms with Gasteiger partial charge in [-0.2, -0.15) is 0 Å². The van der Waals surface area contributed by atoms with Crippen molar-refractivity contribution in [1.82, 2.24) is 9.97 Å². The zero-order chi connectivity index (χ0) is 20.1. The Morgan fingerprint density at radius 1 is 0.929 bits per heavy atom. The topological polar surface area (TPSA) is 93.2 Å². The van der Waals surface area contributed by atoms with Gasteiger partial charge in [0, 0.05) is 17.6 Å². The fraction of sp³-hybridized carbons (Fsp3) is 0.143. The second kappa shape index (κ2) is 8.30. The summed E-state index contributed by atoms with van der Waals surface area (Å²) in [7, 11) is 1.32. The molecule has 0 atom stereocenters. The lowest BCUT2D eigenvalue weighted by molar-refractivity contribution is 0.0600. The molecule has 0 spiro atoms. The van der Waals surface area contributed by atoms with Crippen molar-refractivity contribution in [3.8, 4) is 0 Å². The Labute approximate surface area is 162 Å². The Morgan fingerprint density at radius 3 is 2.25 bits per heavy atom. The summed E-state index contributed by atoms with van der Waals surface area (Å²) in [6.45, 7) is 4.02. The third-order valence-electron chi connectivity index (χ3n) is 3.93. The Kier molecular flexibility index (Phi) is 5.64. The molecule has 2 aromatic carbocycles. The number of aromatic nitrogens is 2. The van der Waals surface area contributed by atoms with Crippen LogP contribution in [-0.2, 0) is 4.74 Å². The molecule has 0 saturated heterocycles. The fourth-order valence-corrected chi connectivity index (χ4v) is 2.72. The highest BCUT2D eigenvalue weighted by atomic mass is 16.5. The van der Waals surface area contributed by atoms with E-state index >= 15 is 0 Å². The van der Waals surface area contributed by atoms with Crippen LogP contribution >= 0.6 is 0 Å². The van der Waals surface area contributed by atoms with E-state index in [1.54, 1.807) is 24.3 Å². The van der Waals surface area contributed by atoms with Gasteiger partial charge in [-0.05, 0) is 67.4 Å². The van der Waals surface area contributed by atoms with Crippen LogP contribution in [0, 0.1) is 13.8 Å². The molecular formula is C21H20N4O3. The molecule has 0 fully saturated rings. The molecule has 2 N–H and O–H groups in total. The number of ether oxygens (including phenoxy) is 1. The zero-order valence-corrected chi connectivity index (χ0v) is 15.8. The standard InChI is InChI=1S/C21H20N4O3/c1-13-10-14(2)12-17(11-13)24-21-22-9-8-18(25-21)19(26)23-16-6-4-15(5-7-16)20(27)28-3/h4-12H,1-3H3,(H,23,26)(H,22,24,25). The number of aryl methyl sites for hydroxylation is 2. The number of benzene rings is 2. The van der Waals surface area contributed by atoms with Crippen molar-refractivity contribution < 1.29 is 14.3 Å². The van der Waals surface area contributed by atoms with Crippen molar-refractivity contribution in [3.63, 3.8) is 0 Å². The molecule has 3 aromatic rings. The fourth-order valence-electron chi connectivity index (χ4n) is 2.72. The van der Waals surface area contributed by atoms with Crippen LogP contribution in [0.3, 0.4) is 0 Å². The van der Waals surface area contributed by atoms with Gasteiger partial charge in [0.15, 0.2) is 0 Å². The van der Waals surface area contributed by atoms with Gasteiger partial charge in [-0.3, -0.25) is 4.79 Å². The summed E-state index contributed by atoms with van der Waals surface area (Å²) < 4.78 is 4.65. The molecule has 7 heteroatoms. The van der Waals surface area contributed by atoms with Crippen LogP contribution in [0.15, 0.2) is 54.7 Å². The highest BCUT2D eigenvalue weighted by Gasteiger charge is 2.11. The lowest BCUT2D eigenvalue weighted by Crippen LogP contribution is -2.15. The maximum Gasteiger partial charge on any atom is 0.337 e. The number of carbonyl (C=O) groups excluding carboxylic acids is 2. The maximum absolute atomic E-state index is 12.5. The molecule has 0 aliphatic rings. The van der Waals surface area contributed by atoms with E-state index in [4.69, 9.17) is 0 Å². The van der Waals surface area contributed by atoms with Crippen molar-refractivity contribution in [3.05, 3.63) is 77.1 Å². The monoisotopic (exact) mass is 376 g/mol. The average Bonchev–Trinajstić information content (AvgIpc) is 2.67. The van der Waals surface area contributed by atoms with Crippen LogP contribution in [0.1, 0.15) is 32.0 Å². The SMILES string of the molecule is COC(=O)c1ccc(NC(=O)c2ccnc(Nc3cc(C)cc(C)c3)n2)cc1. The molecule has 0 radical (unpaired) electrons. The largest absolute Gasteiger partial charge is 0.465 e. The van der Waals surface area contributed by atoms with Gasteiger partial charge < -0.3 is 15.4 Å². The molecule has 0 aliphatic carbocycles. The number of hydrogen-bond donors (Lipinski definition) is 2. The van der Waals surface area contributed by atoms with Crippen molar-refractivity contribution in [2.24, 2.45) is 0 Å². The summed E-state index contributed by atoms with van der Waals surface area (Å²) in [4.78, 5) is 32.4. The molecule has 1 heterocycles. The number of carbonyl (C=O) groups is 2. The first kappa shape index (κ1) is 19.0. The molecule has 0 saturated carbocycles. The molecule has 0 bridgehead atoms. The lowest BCUT2D eigenvalue weighted by atomic mass is 10.1. The van der Waals surface area contributed by atoms with E-state index < -0.39 is 5.97 Å². The Bertz CT molecular complexity index is 996. The quantitative estimate of drug-likeness (QED) is 0.657.